The minimum atomic E-state index is -0.405. The number of nitrogens with one attached hydrogen (secondary N) is 2. The smallest absolute Gasteiger partial charge is 0.238 e. The summed E-state index contributed by atoms with van der Waals surface area (Å²) in [6.45, 7) is 2.23. The molecule has 1 saturated heterocycles. The van der Waals surface area contributed by atoms with Gasteiger partial charge in [0, 0.05) is 12.6 Å². The van der Waals surface area contributed by atoms with Crippen LogP contribution in [-0.4, -0.2) is 43.5 Å². The first kappa shape index (κ1) is 14.0. The van der Waals surface area contributed by atoms with Crippen molar-refractivity contribution in [1.82, 2.24) is 10.2 Å². The Kier molecular flexibility index (Phi) is 4.87. The summed E-state index contributed by atoms with van der Waals surface area (Å²) in [5.41, 5.74) is 0.239. The van der Waals surface area contributed by atoms with Gasteiger partial charge in [0.05, 0.1) is 12.2 Å². The first-order valence-electron chi connectivity index (χ1n) is 6.62. The fourth-order valence-electron chi connectivity index (χ4n) is 2.32. The third kappa shape index (κ3) is 4.01. The highest BCUT2D eigenvalue weighted by Gasteiger charge is 2.19. The summed E-state index contributed by atoms with van der Waals surface area (Å²) in [5.74, 6) is -0.587. The number of benzene rings is 1. The molecule has 1 aromatic rings. The number of rotatable bonds is 4. The van der Waals surface area contributed by atoms with Crippen LogP contribution in [0.2, 0.25) is 0 Å². The maximum absolute atomic E-state index is 13.4. The standard InChI is InChI=1S/C14H20FN3O/c1-18(11-5-4-8-16-9-11)10-14(19)17-13-7-3-2-6-12(13)15/h2-3,6-7,11,16H,4-5,8-10H2,1H3,(H,17,19). The van der Waals surface area contributed by atoms with Crippen molar-refractivity contribution in [2.24, 2.45) is 0 Å². The summed E-state index contributed by atoms with van der Waals surface area (Å²) >= 11 is 0. The molecule has 1 heterocycles. The van der Waals surface area contributed by atoms with E-state index < -0.39 is 5.82 Å². The number of nitrogens with zero attached hydrogens (tertiary/aromatic N) is 1. The Hall–Kier alpha value is -1.46. The lowest BCUT2D eigenvalue weighted by atomic mass is 10.1. The van der Waals surface area contributed by atoms with Crippen molar-refractivity contribution in [2.45, 2.75) is 18.9 Å². The molecule has 0 bridgehead atoms. The molecule has 0 saturated carbocycles. The van der Waals surface area contributed by atoms with Crippen molar-refractivity contribution in [2.75, 3.05) is 32.0 Å². The number of piperidine rings is 1. The van der Waals surface area contributed by atoms with E-state index in [1.807, 2.05) is 11.9 Å². The normalized spacial score (nSPS) is 19.4. The summed E-state index contributed by atoms with van der Waals surface area (Å²) in [6.07, 6.45) is 2.22. The number of halogens is 1. The Morgan fingerprint density at radius 2 is 2.32 bits per heavy atom. The van der Waals surface area contributed by atoms with Crippen molar-refractivity contribution in [1.29, 1.82) is 0 Å². The van der Waals surface area contributed by atoms with Crippen LogP contribution in [0, 0.1) is 5.82 Å². The molecule has 1 aliphatic heterocycles. The highest BCUT2D eigenvalue weighted by atomic mass is 19.1. The zero-order chi connectivity index (χ0) is 13.7. The van der Waals surface area contributed by atoms with E-state index in [0.29, 0.717) is 6.04 Å². The lowest BCUT2D eigenvalue weighted by Gasteiger charge is -2.31. The van der Waals surface area contributed by atoms with Crippen molar-refractivity contribution < 1.29 is 9.18 Å². The van der Waals surface area contributed by atoms with Gasteiger partial charge in [0.2, 0.25) is 5.91 Å². The number of anilines is 1. The monoisotopic (exact) mass is 265 g/mol. The van der Waals surface area contributed by atoms with Crippen LogP contribution in [0.4, 0.5) is 10.1 Å². The topological polar surface area (TPSA) is 44.4 Å². The molecule has 1 fully saturated rings. The van der Waals surface area contributed by atoms with Crippen LogP contribution >= 0.6 is 0 Å². The zero-order valence-electron chi connectivity index (χ0n) is 11.2. The predicted octanol–water partition coefficient (Wildman–Crippen LogP) is 1.45. The number of hydrogen-bond acceptors (Lipinski definition) is 3. The molecule has 0 aliphatic carbocycles. The number of amides is 1. The summed E-state index contributed by atoms with van der Waals surface area (Å²) in [6, 6.07) is 6.58. The summed E-state index contributed by atoms with van der Waals surface area (Å²) in [4.78, 5) is 13.9. The van der Waals surface area contributed by atoms with Crippen LogP contribution in [0.1, 0.15) is 12.8 Å². The Morgan fingerprint density at radius 3 is 3.00 bits per heavy atom. The minimum Gasteiger partial charge on any atom is -0.322 e. The van der Waals surface area contributed by atoms with Crippen LogP contribution in [0.5, 0.6) is 0 Å². The first-order chi connectivity index (χ1) is 9.16. The molecule has 1 aliphatic rings. The van der Waals surface area contributed by atoms with E-state index in [1.54, 1.807) is 18.2 Å². The molecule has 19 heavy (non-hydrogen) atoms. The molecule has 5 heteroatoms. The fourth-order valence-corrected chi connectivity index (χ4v) is 2.32. The Morgan fingerprint density at radius 1 is 1.53 bits per heavy atom. The van der Waals surface area contributed by atoms with Gasteiger partial charge in [0.15, 0.2) is 0 Å². The average Bonchev–Trinajstić information content (AvgIpc) is 2.42. The second kappa shape index (κ2) is 6.63. The summed E-state index contributed by atoms with van der Waals surface area (Å²) < 4.78 is 13.4. The SMILES string of the molecule is CN(CC(=O)Nc1ccccc1F)C1CCCNC1. The quantitative estimate of drug-likeness (QED) is 0.866. The second-order valence-electron chi connectivity index (χ2n) is 4.94. The molecular weight excluding hydrogens is 245 g/mol. The molecule has 0 spiro atoms. The number of carbonyl (C=O) groups excluding carboxylic acids is 1. The number of likely N-dealkylation sites (N-methyl/N-ethyl adjacent to an activating group) is 1. The second-order valence-corrected chi connectivity index (χ2v) is 4.94. The van der Waals surface area contributed by atoms with Gasteiger partial charge in [-0.3, -0.25) is 9.69 Å². The van der Waals surface area contributed by atoms with E-state index in [9.17, 15) is 9.18 Å². The minimum absolute atomic E-state index is 0.182. The van der Waals surface area contributed by atoms with Gasteiger partial charge in [-0.2, -0.15) is 0 Å². The maximum atomic E-state index is 13.4. The molecule has 2 N–H and O–H groups in total. The Balaban J connectivity index is 1.85. The number of carbonyl (C=O) groups is 1. The lowest BCUT2D eigenvalue weighted by molar-refractivity contribution is -0.117. The van der Waals surface area contributed by atoms with Gasteiger partial charge in [-0.15, -0.1) is 0 Å². The van der Waals surface area contributed by atoms with Crippen LogP contribution in [0.15, 0.2) is 24.3 Å². The summed E-state index contributed by atoms with van der Waals surface area (Å²) in [5, 5.41) is 5.92. The van der Waals surface area contributed by atoms with Gasteiger partial charge >= 0.3 is 0 Å². The van der Waals surface area contributed by atoms with Crippen molar-refractivity contribution in [3.63, 3.8) is 0 Å². The zero-order valence-corrected chi connectivity index (χ0v) is 11.2. The largest absolute Gasteiger partial charge is 0.322 e. The van der Waals surface area contributed by atoms with Gasteiger partial charge in [-0.25, -0.2) is 4.39 Å². The van der Waals surface area contributed by atoms with Crippen molar-refractivity contribution in [3.8, 4) is 0 Å². The fraction of sp³-hybridized carbons (Fsp3) is 0.500. The molecule has 1 amide bonds. The molecule has 0 aromatic heterocycles. The number of para-hydroxylation sites is 1. The number of hydrogen-bond donors (Lipinski definition) is 2. The van der Waals surface area contributed by atoms with Crippen LogP contribution in [0.3, 0.4) is 0 Å². The molecule has 4 nitrogen and oxygen atoms in total. The summed E-state index contributed by atoms with van der Waals surface area (Å²) in [7, 11) is 1.93. The molecule has 104 valence electrons. The van der Waals surface area contributed by atoms with E-state index in [-0.39, 0.29) is 18.1 Å². The first-order valence-corrected chi connectivity index (χ1v) is 6.62. The van der Waals surface area contributed by atoms with Gasteiger partial charge in [0.1, 0.15) is 5.82 Å². The molecule has 1 unspecified atom stereocenters. The van der Waals surface area contributed by atoms with E-state index >= 15 is 0 Å². The van der Waals surface area contributed by atoms with Gasteiger partial charge in [-0.05, 0) is 38.6 Å². The Labute approximate surface area is 113 Å². The highest BCUT2D eigenvalue weighted by molar-refractivity contribution is 5.92. The maximum Gasteiger partial charge on any atom is 0.238 e. The van der Waals surface area contributed by atoms with Crippen LogP contribution < -0.4 is 10.6 Å². The van der Waals surface area contributed by atoms with Crippen LogP contribution in [-0.2, 0) is 4.79 Å². The van der Waals surface area contributed by atoms with E-state index in [2.05, 4.69) is 10.6 Å². The highest BCUT2D eigenvalue weighted by Crippen LogP contribution is 2.13. The molecule has 0 radical (unpaired) electrons. The van der Waals surface area contributed by atoms with E-state index in [4.69, 9.17) is 0 Å². The van der Waals surface area contributed by atoms with Gasteiger partial charge < -0.3 is 10.6 Å². The average molecular weight is 265 g/mol. The molecular formula is C14H20FN3O. The third-order valence-electron chi connectivity index (χ3n) is 3.44. The van der Waals surface area contributed by atoms with Crippen molar-refractivity contribution >= 4 is 11.6 Å². The van der Waals surface area contributed by atoms with Crippen LogP contribution in [0.25, 0.3) is 0 Å². The van der Waals surface area contributed by atoms with Gasteiger partial charge in [-0.1, -0.05) is 12.1 Å². The van der Waals surface area contributed by atoms with Crippen molar-refractivity contribution in [3.05, 3.63) is 30.1 Å². The van der Waals surface area contributed by atoms with E-state index in [1.165, 1.54) is 6.07 Å². The Bertz CT molecular complexity index is 432. The molecule has 1 atom stereocenters. The van der Waals surface area contributed by atoms with Gasteiger partial charge in [0.25, 0.3) is 0 Å². The third-order valence-corrected chi connectivity index (χ3v) is 3.44. The van der Waals surface area contributed by atoms with E-state index in [0.717, 1.165) is 25.9 Å². The molecule has 1 aromatic carbocycles. The molecule has 2 rings (SSSR count). The lowest BCUT2D eigenvalue weighted by Crippen LogP contribution is -2.46. The predicted molar refractivity (Wildman–Crippen MR) is 73.6 cm³/mol.